The fourth-order valence-corrected chi connectivity index (χ4v) is 3.61. The normalized spacial score (nSPS) is 23.0. The van der Waals surface area contributed by atoms with Crippen molar-refractivity contribution in [2.24, 2.45) is 5.92 Å². The van der Waals surface area contributed by atoms with Crippen LogP contribution >= 0.6 is 11.6 Å². The third-order valence-electron chi connectivity index (χ3n) is 4.96. The van der Waals surface area contributed by atoms with Crippen molar-refractivity contribution in [1.29, 1.82) is 0 Å². The molecular weight excluding hydrogens is 324 g/mol. The molecule has 0 saturated carbocycles. The Bertz CT molecular complexity index is 576. The first-order valence-corrected chi connectivity index (χ1v) is 9.12. The predicted molar refractivity (Wildman–Crippen MR) is 97.0 cm³/mol. The van der Waals surface area contributed by atoms with Crippen molar-refractivity contribution in [3.8, 4) is 0 Å². The molecule has 5 heteroatoms. The minimum absolute atomic E-state index is 0.0541. The van der Waals surface area contributed by atoms with Crippen LogP contribution in [0.5, 0.6) is 0 Å². The number of nitrogens with zero attached hydrogens (tertiary/aromatic N) is 1. The highest BCUT2D eigenvalue weighted by atomic mass is 35.5. The first-order valence-electron chi connectivity index (χ1n) is 8.74. The summed E-state index contributed by atoms with van der Waals surface area (Å²) in [6.07, 6.45) is 6.77. The van der Waals surface area contributed by atoms with Crippen molar-refractivity contribution >= 4 is 23.6 Å². The van der Waals surface area contributed by atoms with Gasteiger partial charge in [0.2, 0.25) is 5.91 Å². The molecule has 1 N–H and O–H groups in total. The summed E-state index contributed by atoms with van der Waals surface area (Å²) in [4.78, 5) is 14.5. The van der Waals surface area contributed by atoms with E-state index in [1.807, 2.05) is 24.3 Å². The van der Waals surface area contributed by atoms with Gasteiger partial charge in [-0.25, -0.2) is 0 Å². The van der Waals surface area contributed by atoms with Crippen molar-refractivity contribution in [2.45, 2.75) is 25.3 Å². The number of benzene rings is 1. The average Bonchev–Trinajstić information content (AvgIpc) is 3.14. The van der Waals surface area contributed by atoms with E-state index in [1.165, 1.54) is 0 Å². The number of hydrogen-bond donors (Lipinski definition) is 1. The smallest absolute Gasteiger partial charge is 0.244 e. The molecule has 130 valence electrons. The van der Waals surface area contributed by atoms with Crippen molar-refractivity contribution in [2.75, 3.05) is 32.8 Å². The Kier molecular flexibility index (Phi) is 6.30. The van der Waals surface area contributed by atoms with Crippen LogP contribution in [0, 0.1) is 5.92 Å². The zero-order valence-corrected chi connectivity index (χ0v) is 14.7. The number of halogens is 1. The molecule has 2 aliphatic rings. The van der Waals surface area contributed by atoms with Crippen LogP contribution < -0.4 is 5.32 Å². The number of piperidine rings is 1. The lowest BCUT2D eigenvalue weighted by Crippen LogP contribution is -2.43. The number of nitrogens with one attached hydrogen (secondary N) is 1. The van der Waals surface area contributed by atoms with Gasteiger partial charge in [-0.3, -0.25) is 9.69 Å². The monoisotopic (exact) mass is 348 g/mol. The Labute approximate surface area is 148 Å². The zero-order valence-electron chi connectivity index (χ0n) is 13.9. The molecule has 2 heterocycles. The van der Waals surface area contributed by atoms with Crippen molar-refractivity contribution in [3.05, 3.63) is 40.9 Å². The highest BCUT2D eigenvalue weighted by molar-refractivity contribution is 6.32. The molecule has 1 atom stereocenters. The predicted octanol–water partition coefficient (Wildman–Crippen LogP) is 2.97. The number of ether oxygens (including phenoxy) is 1. The number of carbonyl (C=O) groups is 1. The van der Waals surface area contributed by atoms with Gasteiger partial charge < -0.3 is 10.1 Å². The molecule has 1 aromatic rings. The lowest BCUT2D eigenvalue weighted by Gasteiger charge is -2.35. The summed E-state index contributed by atoms with van der Waals surface area (Å²) in [5.41, 5.74) is 0.862. The molecule has 0 aliphatic carbocycles. The third-order valence-corrected chi connectivity index (χ3v) is 5.30. The van der Waals surface area contributed by atoms with Crippen LogP contribution in [0.4, 0.5) is 0 Å². The minimum Gasteiger partial charge on any atom is -0.380 e. The average molecular weight is 349 g/mol. The van der Waals surface area contributed by atoms with Crippen LogP contribution in [0.3, 0.4) is 0 Å². The number of likely N-dealkylation sites (tertiary alicyclic amines) is 1. The largest absolute Gasteiger partial charge is 0.380 e. The van der Waals surface area contributed by atoms with Gasteiger partial charge >= 0.3 is 0 Å². The van der Waals surface area contributed by atoms with Gasteiger partial charge in [-0.15, -0.1) is 0 Å². The molecule has 1 amide bonds. The van der Waals surface area contributed by atoms with E-state index >= 15 is 0 Å². The fraction of sp³-hybridized carbons (Fsp3) is 0.526. The molecule has 24 heavy (non-hydrogen) atoms. The number of amides is 1. The number of carbonyl (C=O) groups excluding carboxylic acids is 1. The Morgan fingerprint density at radius 3 is 2.79 bits per heavy atom. The summed E-state index contributed by atoms with van der Waals surface area (Å²) >= 11 is 6.08. The zero-order chi connectivity index (χ0) is 16.8. The van der Waals surface area contributed by atoms with E-state index in [-0.39, 0.29) is 5.91 Å². The van der Waals surface area contributed by atoms with E-state index in [0.717, 1.165) is 57.7 Å². The highest BCUT2D eigenvalue weighted by Crippen LogP contribution is 2.22. The molecule has 0 aromatic heterocycles. The van der Waals surface area contributed by atoms with Gasteiger partial charge in [-0.2, -0.15) is 0 Å². The minimum atomic E-state index is -0.0541. The fourth-order valence-electron chi connectivity index (χ4n) is 3.41. The molecule has 2 aliphatic heterocycles. The topological polar surface area (TPSA) is 41.6 Å². The van der Waals surface area contributed by atoms with Gasteiger partial charge in [0, 0.05) is 30.3 Å². The first kappa shape index (κ1) is 17.5. The molecule has 0 spiro atoms. The molecule has 4 nitrogen and oxygen atoms in total. The van der Waals surface area contributed by atoms with Gasteiger partial charge in [-0.05, 0) is 56.0 Å². The van der Waals surface area contributed by atoms with Gasteiger partial charge in [0.25, 0.3) is 0 Å². The van der Waals surface area contributed by atoms with E-state index in [4.69, 9.17) is 16.3 Å². The summed E-state index contributed by atoms with van der Waals surface area (Å²) in [6.45, 7) is 4.77. The van der Waals surface area contributed by atoms with E-state index in [2.05, 4.69) is 10.2 Å². The van der Waals surface area contributed by atoms with Crippen LogP contribution in [-0.2, 0) is 9.53 Å². The SMILES string of the molecule is O=C(/C=C/c1ccccc1Cl)NCC1CCN([C@@H]2CCOC2)CC1. The van der Waals surface area contributed by atoms with Crippen molar-refractivity contribution < 1.29 is 9.53 Å². The molecule has 0 unspecified atom stereocenters. The molecule has 1 aromatic carbocycles. The van der Waals surface area contributed by atoms with Crippen LogP contribution in [-0.4, -0.2) is 49.7 Å². The van der Waals surface area contributed by atoms with Gasteiger partial charge in [0.1, 0.15) is 0 Å². The van der Waals surface area contributed by atoms with E-state index in [0.29, 0.717) is 17.0 Å². The lowest BCUT2D eigenvalue weighted by molar-refractivity contribution is -0.116. The Hall–Kier alpha value is -1.36. The van der Waals surface area contributed by atoms with Gasteiger partial charge in [-0.1, -0.05) is 29.8 Å². The summed E-state index contributed by atoms with van der Waals surface area (Å²) < 4.78 is 5.47. The lowest BCUT2D eigenvalue weighted by atomic mass is 9.95. The molecule has 0 radical (unpaired) electrons. The van der Waals surface area contributed by atoms with E-state index < -0.39 is 0 Å². The summed E-state index contributed by atoms with van der Waals surface area (Å²) in [5, 5.41) is 3.67. The quantitative estimate of drug-likeness (QED) is 0.832. The Morgan fingerprint density at radius 2 is 2.08 bits per heavy atom. The Balaban J connectivity index is 1.38. The molecular formula is C19H25ClN2O2. The summed E-state index contributed by atoms with van der Waals surface area (Å²) in [5.74, 6) is 0.516. The van der Waals surface area contributed by atoms with E-state index in [9.17, 15) is 4.79 Å². The van der Waals surface area contributed by atoms with Crippen LogP contribution in [0.1, 0.15) is 24.8 Å². The van der Waals surface area contributed by atoms with Crippen LogP contribution in [0.15, 0.2) is 30.3 Å². The second-order valence-corrected chi connectivity index (χ2v) is 7.00. The second kappa shape index (κ2) is 8.65. The maximum Gasteiger partial charge on any atom is 0.244 e. The number of rotatable bonds is 5. The van der Waals surface area contributed by atoms with Crippen LogP contribution in [0.25, 0.3) is 6.08 Å². The third kappa shape index (κ3) is 4.82. The highest BCUT2D eigenvalue weighted by Gasteiger charge is 2.27. The van der Waals surface area contributed by atoms with Crippen molar-refractivity contribution in [1.82, 2.24) is 10.2 Å². The first-order chi connectivity index (χ1) is 11.7. The molecule has 2 saturated heterocycles. The van der Waals surface area contributed by atoms with Crippen LogP contribution in [0.2, 0.25) is 5.02 Å². The van der Waals surface area contributed by atoms with Gasteiger partial charge in [0.05, 0.1) is 6.61 Å². The van der Waals surface area contributed by atoms with Gasteiger partial charge in [0.15, 0.2) is 0 Å². The number of hydrogen-bond acceptors (Lipinski definition) is 3. The maximum absolute atomic E-state index is 12.0. The van der Waals surface area contributed by atoms with Crippen molar-refractivity contribution in [3.63, 3.8) is 0 Å². The molecule has 0 bridgehead atoms. The standard InChI is InChI=1S/C19H25ClN2O2/c20-18-4-2-1-3-16(18)5-6-19(23)21-13-15-7-10-22(11-8-15)17-9-12-24-14-17/h1-6,15,17H,7-14H2,(H,21,23)/b6-5+/t17-/m1/s1. The maximum atomic E-state index is 12.0. The molecule has 2 fully saturated rings. The van der Waals surface area contributed by atoms with E-state index in [1.54, 1.807) is 12.2 Å². The second-order valence-electron chi connectivity index (χ2n) is 6.60. The summed E-state index contributed by atoms with van der Waals surface area (Å²) in [6, 6.07) is 8.12. The Morgan fingerprint density at radius 1 is 1.29 bits per heavy atom. The molecule has 3 rings (SSSR count). The summed E-state index contributed by atoms with van der Waals surface area (Å²) in [7, 11) is 0.